The fourth-order valence-electron chi connectivity index (χ4n) is 3.96. The van der Waals surface area contributed by atoms with Gasteiger partial charge in [0.05, 0.1) is 0 Å². The maximum absolute atomic E-state index is 6.39. The Morgan fingerprint density at radius 1 is 0.586 bits per heavy atom. The Morgan fingerprint density at radius 2 is 1.28 bits per heavy atom. The van der Waals surface area contributed by atoms with E-state index in [2.05, 4.69) is 106 Å². The first-order valence-corrected chi connectivity index (χ1v) is 10.1. The van der Waals surface area contributed by atoms with E-state index in [1.165, 1.54) is 33.0 Å². The molecule has 0 spiro atoms. The highest BCUT2D eigenvalue weighted by molar-refractivity contribution is 6.09. The van der Waals surface area contributed by atoms with Crippen LogP contribution in [0.4, 0.5) is 0 Å². The highest BCUT2D eigenvalue weighted by atomic mass is 16.3. The summed E-state index contributed by atoms with van der Waals surface area (Å²) in [7, 11) is 0. The number of furan rings is 1. The standard InChI is InChI=1S/C28H24O/c1-28(2,3)22-16-17-24-25-11-7-10-23(27(25)29-26(24)18-22)21-14-12-20(13-15-21)19-8-5-4-6-9-19/h4-18H,1-3H3. The maximum Gasteiger partial charge on any atom is 0.143 e. The summed E-state index contributed by atoms with van der Waals surface area (Å²) in [5.74, 6) is 0. The van der Waals surface area contributed by atoms with Gasteiger partial charge < -0.3 is 4.42 Å². The normalized spacial score (nSPS) is 12.0. The highest BCUT2D eigenvalue weighted by Gasteiger charge is 2.17. The van der Waals surface area contributed by atoms with Crippen LogP contribution in [0.3, 0.4) is 0 Å². The van der Waals surface area contributed by atoms with Crippen molar-refractivity contribution in [2.24, 2.45) is 0 Å². The second kappa shape index (κ2) is 6.63. The predicted molar refractivity (Wildman–Crippen MR) is 123 cm³/mol. The van der Waals surface area contributed by atoms with Crippen LogP contribution in [0.1, 0.15) is 26.3 Å². The molecule has 142 valence electrons. The minimum Gasteiger partial charge on any atom is -0.455 e. The number of benzene rings is 4. The topological polar surface area (TPSA) is 13.1 Å². The first-order chi connectivity index (χ1) is 14.0. The first kappa shape index (κ1) is 17.8. The quantitative estimate of drug-likeness (QED) is 0.302. The molecule has 4 aromatic carbocycles. The molecule has 29 heavy (non-hydrogen) atoms. The number of rotatable bonds is 2. The van der Waals surface area contributed by atoms with Gasteiger partial charge in [-0.3, -0.25) is 0 Å². The lowest BCUT2D eigenvalue weighted by molar-refractivity contribution is 0.587. The summed E-state index contributed by atoms with van der Waals surface area (Å²) >= 11 is 0. The second-order valence-electron chi connectivity index (χ2n) is 8.69. The Balaban J connectivity index is 1.63. The SMILES string of the molecule is CC(C)(C)c1ccc2c(c1)oc1c(-c3ccc(-c4ccccc4)cc3)cccc12. The van der Waals surface area contributed by atoms with Gasteiger partial charge in [0.2, 0.25) is 0 Å². The van der Waals surface area contributed by atoms with Crippen LogP contribution >= 0.6 is 0 Å². The van der Waals surface area contributed by atoms with E-state index in [0.717, 1.165) is 16.7 Å². The van der Waals surface area contributed by atoms with Crippen molar-refractivity contribution >= 4 is 21.9 Å². The molecule has 1 nitrogen and oxygen atoms in total. The summed E-state index contributed by atoms with van der Waals surface area (Å²) in [6.45, 7) is 6.70. The van der Waals surface area contributed by atoms with Crippen molar-refractivity contribution in [3.05, 3.63) is 96.6 Å². The van der Waals surface area contributed by atoms with Gasteiger partial charge in [-0.1, -0.05) is 106 Å². The van der Waals surface area contributed by atoms with E-state index in [9.17, 15) is 0 Å². The average Bonchev–Trinajstić information content (AvgIpc) is 3.12. The zero-order valence-electron chi connectivity index (χ0n) is 17.1. The lowest BCUT2D eigenvalue weighted by Gasteiger charge is -2.18. The van der Waals surface area contributed by atoms with Crippen LogP contribution in [-0.4, -0.2) is 0 Å². The van der Waals surface area contributed by atoms with Crippen molar-refractivity contribution in [2.75, 3.05) is 0 Å². The van der Waals surface area contributed by atoms with Gasteiger partial charge in [0.15, 0.2) is 0 Å². The molecule has 0 N–H and O–H groups in total. The predicted octanol–water partition coefficient (Wildman–Crippen LogP) is 8.22. The molecule has 0 bridgehead atoms. The lowest BCUT2D eigenvalue weighted by Crippen LogP contribution is -2.10. The van der Waals surface area contributed by atoms with Crippen LogP contribution in [0.2, 0.25) is 0 Å². The van der Waals surface area contributed by atoms with Gasteiger partial charge in [-0.25, -0.2) is 0 Å². The zero-order chi connectivity index (χ0) is 20.0. The minimum atomic E-state index is 0.100. The van der Waals surface area contributed by atoms with E-state index in [-0.39, 0.29) is 5.41 Å². The van der Waals surface area contributed by atoms with Crippen molar-refractivity contribution in [2.45, 2.75) is 26.2 Å². The summed E-state index contributed by atoms with van der Waals surface area (Å²) in [5.41, 5.74) is 8.07. The second-order valence-corrected chi connectivity index (χ2v) is 8.69. The Bertz CT molecular complexity index is 1300. The fraction of sp³-hybridized carbons (Fsp3) is 0.143. The van der Waals surface area contributed by atoms with Crippen LogP contribution in [0.15, 0.2) is 95.4 Å². The Kier molecular flexibility index (Phi) is 4.06. The van der Waals surface area contributed by atoms with Crippen molar-refractivity contribution in [3.63, 3.8) is 0 Å². The molecule has 1 heterocycles. The number of hydrogen-bond donors (Lipinski definition) is 0. The molecule has 0 aliphatic rings. The third-order valence-corrected chi connectivity index (χ3v) is 5.67. The number of fused-ring (bicyclic) bond motifs is 3. The summed E-state index contributed by atoms with van der Waals surface area (Å²) < 4.78 is 6.39. The third kappa shape index (κ3) is 3.13. The van der Waals surface area contributed by atoms with Gasteiger partial charge in [-0.05, 0) is 33.7 Å². The molecule has 5 aromatic rings. The number of hydrogen-bond acceptors (Lipinski definition) is 1. The monoisotopic (exact) mass is 376 g/mol. The van der Waals surface area contributed by atoms with Gasteiger partial charge in [0, 0.05) is 16.3 Å². The van der Waals surface area contributed by atoms with E-state index in [1.54, 1.807) is 0 Å². The lowest BCUT2D eigenvalue weighted by atomic mass is 9.86. The van der Waals surface area contributed by atoms with E-state index in [4.69, 9.17) is 4.42 Å². The van der Waals surface area contributed by atoms with E-state index in [1.807, 2.05) is 6.07 Å². The molecule has 0 aliphatic carbocycles. The van der Waals surface area contributed by atoms with Crippen LogP contribution in [0.25, 0.3) is 44.2 Å². The van der Waals surface area contributed by atoms with Crippen molar-refractivity contribution in [1.82, 2.24) is 0 Å². The average molecular weight is 376 g/mol. The van der Waals surface area contributed by atoms with Gasteiger partial charge in [0.25, 0.3) is 0 Å². The van der Waals surface area contributed by atoms with E-state index in [0.29, 0.717) is 0 Å². The molecule has 0 atom stereocenters. The molecule has 5 rings (SSSR count). The molecule has 0 saturated carbocycles. The van der Waals surface area contributed by atoms with Gasteiger partial charge in [-0.15, -0.1) is 0 Å². The van der Waals surface area contributed by atoms with Crippen LogP contribution < -0.4 is 0 Å². The summed E-state index contributed by atoms with van der Waals surface area (Å²) in [4.78, 5) is 0. The Morgan fingerprint density at radius 3 is 2.00 bits per heavy atom. The van der Waals surface area contributed by atoms with Gasteiger partial charge in [0.1, 0.15) is 11.2 Å². The summed E-state index contributed by atoms with van der Waals surface area (Å²) in [6, 6.07) is 32.2. The molecule has 0 saturated heterocycles. The van der Waals surface area contributed by atoms with Crippen molar-refractivity contribution in [1.29, 1.82) is 0 Å². The molecule has 1 heteroatoms. The fourth-order valence-corrected chi connectivity index (χ4v) is 3.96. The van der Waals surface area contributed by atoms with Crippen LogP contribution in [-0.2, 0) is 5.41 Å². The molecular formula is C28H24O. The highest BCUT2D eigenvalue weighted by Crippen LogP contribution is 2.37. The molecule has 1 aromatic heterocycles. The molecule has 0 radical (unpaired) electrons. The van der Waals surface area contributed by atoms with Crippen molar-refractivity contribution < 1.29 is 4.42 Å². The number of para-hydroxylation sites is 1. The molecule has 0 fully saturated rings. The zero-order valence-corrected chi connectivity index (χ0v) is 17.1. The van der Waals surface area contributed by atoms with E-state index >= 15 is 0 Å². The Hall–Kier alpha value is -3.32. The van der Waals surface area contributed by atoms with Crippen LogP contribution in [0, 0.1) is 0 Å². The minimum absolute atomic E-state index is 0.100. The Labute approximate surface area is 171 Å². The largest absolute Gasteiger partial charge is 0.455 e. The van der Waals surface area contributed by atoms with Gasteiger partial charge in [-0.2, -0.15) is 0 Å². The maximum atomic E-state index is 6.39. The van der Waals surface area contributed by atoms with Crippen molar-refractivity contribution in [3.8, 4) is 22.3 Å². The first-order valence-electron chi connectivity index (χ1n) is 10.1. The van der Waals surface area contributed by atoms with Crippen LogP contribution in [0.5, 0.6) is 0 Å². The van der Waals surface area contributed by atoms with E-state index < -0.39 is 0 Å². The smallest absolute Gasteiger partial charge is 0.143 e. The molecule has 0 unspecified atom stereocenters. The third-order valence-electron chi connectivity index (χ3n) is 5.67. The van der Waals surface area contributed by atoms with Gasteiger partial charge >= 0.3 is 0 Å². The molecule has 0 amide bonds. The summed E-state index contributed by atoms with van der Waals surface area (Å²) in [6.07, 6.45) is 0. The summed E-state index contributed by atoms with van der Waals surface area (Å²) in [5, 5.41) is 2.35. The molecule has 0 aliphatic heterocycles. The molecular weight excluding hydrogens is 352 g/mol.